The second kappa shape index (κ2) is 14.6. The van der Waals surface area contributed by atoms with E-state index in [1.54, 1.807) is 18.3 Å². The number of aryl methyl sites for hydroxylation is 1. The molecule has 0 bridgehead atoms. The number of amides is 1. The van der Waals surface area contributed by atoms with Gasteiger partial charge in [0.05, 0.1) is 18.5 Å². The largest absolute Gasteiger partial charge is 0.490 e. The number of halogens is 2. The first-order valence-electron chi connectivity index (χ1n) is 13.4. The molecule has 0 aliphatic rings. The zero-order chi connectivity index (χ0) is 30.2. The van der Waals surface area contributed by atoms with Gasteiger partial charge >= 0.3 is 0 Å². The lowest BCUT2D eigenvalue weighted by Gasteiger charge is -2.14. The molecule has 4 aromatic carbocycles. The third-order valence-electron chi connectivity index (χ3n) is 6.29. The average molecular weight is 767 g/mol. The van der Waals surface area contributed by atoms with Crippen LogP contribution in [0.15, 0.2) is 99.9 Å². The number of nitrogens with one attached hydrogen (secondary N) is 2. The van der Waals surface area contributed by atoms with Gasteiger partial charge in [0.25, 0.3) is 5.91 Å². The summed E-state index contributed by atoms with van der Waals surface area (Å²) in [6.45, 7) is 4.87. The normalized spacial score (nSPS) is 11.0. The topological polar surface area (TPSA) is 84.8 Å². The molecule has 5 rings (SSSR count). The van der Waals surface area contributed by atoms with Crippen molar-refractivity contribution >= 4 is 72.8 Å². The minimum atomic E-state index is -0.318. The number of anilines is 2. The molecule has 0 saturated heterocycles. The lowest BCUT2D eigenvalue weighted by molar-refractivity contribution is 0.0955. The summed E-state index contributed by atoms with van der Waals surface area (Å²) in [6, 6.07) is 27.3. The van der Waals surface area contributed by atoms with Gasteiger partial charge in [-0.25, -0.2) is 10.4 Å². The molecule has 1 heterocycles. The molecule has 7 nitrogen and oxygen atoms in total. The number of carbonyl (C=O) groups excluding carboxylic acids is 1. The molecule has 1 aromatic heterocycles. The van der Waals surface area contributed by atoms with Gasteiger partial charge in [-0.05, 0) is 106 Å². The van der Waals surface area contributed by atoms with Crippen molar-refractivity contribution in [2.45, 2.75) is 20.5 Å². The van der Waals surface area contributed by atoms with Crippen LogP contribution in [0.5, 0.6) is 11.5 Å². The third kappa shape index (κ3) is 8.43. The number of rotatable bonds is 11. The van der Waals surface area contributed by atoms with Crippen LogP contribution in [0.3, 0.4) is 0 Å². The highest BCUT2D eigenvalue weighted by atomic mass is 127. The monoisotopic (exact) mass is 766 g/mol. The van der Waals surface area contributed by atoms with Crippen LogP contribution in [0, 0.1) is 10.5 Å². The Labute approximate surface area is 276 Å². The SMILES string of the molecule is CCOc1cc(/C=N\NC(=O)c2ccc(-c3csc(Nc4ccc(C)cc4)n3)cc2)c(Br)cc1OCc1ccc(I)cc1. The maximum atomic E-state index is 12.8. The molecule has 218 valence electrons. The Bertz CT molecular complexity index is 1720. The van der Waals surface area contributed by atoms with Crippen molar-refractivity contribution < 1.29 is 14.3 Å². The number of nitrogens with zero attached hydrogens (tertiary/aromatic N) is 2. The smallest absolute Gasteiger partial charge is 0.271 e. The van der Waals surface area contributed by atoms with Crippen LogP contribution in [0.25, 0.3) is 11.3 Å². The minimum Gasteiger partial charge on any atom is -0.490 e. The Morgan fingerprint density at radius 3 is 2.44 bits per heavy atom. The molecule has 10 heteroatoms. The maximum Gasteiger partial charge on any atom is 0.271 e. The van der Waals surface area contributed by atoms with E-state index in [1.165, 1.54) is 20.5 Å². The van der Waals surface area contributed by atoms with Crippen molar-refractivity contribution in [3.8, 4) is 22.8 Å². The van der Waals surface area contributed by atoms with Crippen LogP contribution in [0.4, 0.5) is 10.8 Å². The highest BCUT2D eigenvalue weighted by Gasteiger charge is 2.12. The van der Waals surface area contributed by atoms with E-state index in [2.05, 4.69) is 78.4 Å². The zero-order valence-electron chi connectivity index (χ0n) is 23.4. The molecule has 0 aliphatic heterocycles. The van der Waals surface area contributed by atoms with Gasteiger partial charge in [-0.15, -0.1) is 11.3 Å². The van der Waals surface area contributed by atoms with E-state index >= 15 is 0 Å². The number of hydrogen-bond donors (Lipinski definition) is 2. The van der Waals surface area contributed by atoms with Crippen LogP contribution in [0.1, 0.15) is 34.0 Å². The van der Waals surface area contributed by atoms with Crippen molar-refractivity contribution in [1.29, 1.82) is 0 Å². The second-order valence-electron chi connectivity index (χ2n) is 9.47. The molecule has 5 aromatic rings. The Morgan fingerprint density at radius 1 is 1.00 bits per heavy atom. The summed E-state index contributed by atoms with van der Waals surface area (Å²) in [4.78, 5) is 17.4. The lowest BCUT2D eigenvalue weighted by atomic mass is 10.1. The van der Waals surface area contributed by atoms with Gasteiger partial charge in [0.15, 0.2) is 16.6 Å². The first-order valence-corrected chi connectivity index (χ1v) is 16.2. The summed E-state index contributed by atoms with van der Waals surface area (Å²) in [5.74, 6) is 0.895. The predicted octanol–water partition coefficient (Wildman–Crippen LogP) is 8.97. The summed E-state index contributed by atoms with van der Waals surface area (Å²) in [6.07, 6.45) is 1.57. The van der Waals surface area contributed by atoms with Crippen molar-refractivity contribution in [2.75, 3.05) is 11.9 Å². The summed E-state index contributed by atoms with van der Waals surface area (Å²) in [7, 11) is 0. The molecular weight excluding hydrogens is 739 g/mol. The molecule has 1 amide bonds. The highest BCUT2D eigenvalue weighted by Crippen LogP contribution is 2.34. The molecule has 2 N–H and O–H groups in total. The van der Waals surface area contributed by atoms with E-state index in [-0.39, 0.29) is 5.91 Å². The van der Waals surface area contributed by atoms with Gasteiger partial charge in [-0.1, -0.05) is 42.0 Å². The first-order chi connectivity index (χ1) is 20.9. The molecular formula is C33H28BrIN4O3S. The van der Waals surface area contributed by atoms with E-state index in [9.17, 15) is 4.79 Å². The summed E-state index contributed by atoms with van der Waals surface area (Å²) in [5, 5.41) is 10.3. The van der Waals surface area contributed by atoms with Crippen molar-refractivity contribution in [1.82, 2.24) is 10.4 Å². The zero-order valence-corrected chi connectivity index (χ0v) is 28.0. The van der Waals surface area contributed by atoms with Gasteiger partial charge < -0.3 is 14.8 Å². The number of hydrogen-bond acceptors (Lipinski definition) is 7. The van der Waals surface area contributed by atoms with Crippen LogP contribution in [-0.2, 0) is 6.61 Å². The average Bonchev–Trinajstić information content (AvgIpc) is 3.48. The highest BCUT2D eigenvalue weighted by molar-refractivity contribution is 14.1. The minimum absolute atomic E-state index is 0.318. The number of ether oxygens (including phenoxy) is 2. The Hall–Kier alpha value is -3.74. The molecule has 0 atom stereocenters. The number of thiazole rings is 1. The summed E-state index contributed by atoms with van der Waals surface area (Å²) >= 11 is 7.39. The van der Waals surface area contributed by atoms with Gasteiger partial charge in [0, 0.05) is 35.8 Å². The van der Waals surface area contributed by atoms with E-state index < -0.39 is 0 Å². The predicted molar refractivity (Wildman–Crippen MR) is 186 cm³/mol. The van der Waals surface area contributed by atoms with Crippen molar-refractivity contribution in [2.24, 2.45) is 5.10 Å². The van der Waals surface area contributed by atoms with Crippen LogP contribution in [-0.4, -0.2) is 23.7 Å². The fourth-order valence-corrected chi connectivity index (χ4v) is 5.54. The molecule has 0 unspecified atom stereocenters. The molecule has 0 fully saturated rings. The lowest BCUT2D eigenvalue weighted by Crippen LogP contribution is -2.17. The number of hydrazone groups is 1. The molecule has 0 spiro atoms. The standard InChI is InChI=1S/C33H28BrIN4O3S/c1-3-41-30-16-25(28(34)17-31(30)42-19-22-6-12-26(35)13-7-22)18-36-39-32(40)24-10-8-23(9-11-24)29-20-43-33(38-29)37-27-14-4-21(2)5-15-27/h4-18,20H,3,19H2,1-2H3,(H,37,38)(H,39,40)/b36-18-. The summed E-state index contributed by atoms with van der Waals surface area (Å²) < 4.78 is 13.8. The van der Waals surface area contributed by atoms with Gasteiger partial charge in [-0.2, -0.15) is 5.10 Å². The van der Waals surface area contributed by atoms with Gasteiger partial charge in [0.1, 0.15) is 6.61 Å². The van der Waals surface area contributed by atoms with Gasteiger partial charge in [-0.3, -0.25) is 4.79 Å². The van der Waals surface area contributed by atoms with E-state index in [1.807, 2.05) is 73.0 Å². The van der Waals surface area contributed by atoms with Crippen LogP contribution in [0.2, 0.25) is 0 Å². The fourth-order valence-electron chi connectivity index (χ4n) is 4.01. The molecule has 0 aliphatic carbocycles. The van der Waals surface area contributed by atoms with Crippen molar-refractivity contribution in [3.63, 3.8) is 0 Å². The molecule has 0 radical (unpaired) electrons. The van der Waals surface area contributed by atoms with E-state index in [4.69, 9.17) is 9.47 Å². The second-order valence-corrected chi connectivity index (χ2v) is 12.4. The van der Waals surface area contributed by atoms with Gasteiger partial charge in [0.2, 0.25) is 0 Å². The molecule has 43 heavy (non-hydrogen) atoms. The summed E-state index contributed by atoms with van der Waals surface area (Å²) in [5.41, 5.74) is 8.84. The van der Waals surface area contributed by atoms with E-state index in [0.29, 0.717) is 30.3 Å². The number of aromatic nitrogens is 1. The fraction of sp³-hybridized carbons (Fsp3) is 0.121. The number of benzene rings is 4. The Balaban J connectivity index is 1.19. The third-order valence-corrected chi connectivity index (χ3v) is 8.45. The maximum absolute atomic E-state index is 12.8. The first kappa shape index (κ1) is 30.7. The molecule has 0 saturated carbocycles. The Kier molecular flexibility index (Phi) is 10.4. The van der Waals surface area contributed by atoms with Crippen LogP contribution < -0.4 is 20.2 Å². The quantitative estimate of drug-likeness (QED) is 0.0797. The van der Waals surface area contributed by atoms with E-state index in [0.717, 1.165) is 37.7 Å². The number of carbonyl (C=O) groups is 1. The Morgan fingerprint density at radius 2 is 1.72 bits per heavy atom. The van der Waals surface area contributed by atoms with Crippen molar-refractivity contribution in [3.05, 3.63) is 121 Å². The van der Waals surface area contributed by atoms with Crippen LogP contribution >= 0.6 is 49.9 Å².